The Kier molecular flexibility index (Phi) is 3.90. The van der Waals surface area contributed by atoms with Crippen molar-refractivity contribution in [2.24, 2.45) is 5.73 Å². The van der Waals surface area contributed by atoms with Crippen molar-refractivity contribution in [2.75, 3.05) is 33.4 Å². The number of nitrogens with one attached hydrogen (secondary N) is 1. The molecule has 0 unspecified atom stereocenters. The van der Waals surface area contributed by atoms with E-state index in [2.05, 4.69) is 5.32 Å². The van der Waals surface area contributed by atoms with Crippen LogP contribution >= 0.6 is 0 Å². The van der Waals surface area contributed by atoms with Crippen molar-refractivity contribution in [1.29, 1.82) is 0 Å². The van der Waals surface area contributed by atoms with E-state index in [1.165, 1.54) is 0 Å². The van der Waals surface area contributed by atoms with Crippen LogP contribution in [0.5, 0.6) is 0 Å². The van der Waals surface area contributed by atoms with E-state index < -0.39 is 0 Å². The highest BCUT2D eigenvalue weighted by Crippen LogP contribution is 2.09. The van der Waals surface area contributed by atoms with Gasteiger partial charge in [0.15, 0.2) is 0 Å². The van der Waals surface area contributed by atoms with Crippen molar-refractivity contribution in [3.8, 4) is 0 Å². The van der Waals surface area contributed by atoms with Gasteiger partial charge in [0.05, 0.1) is 12.3 Å². The van der Waals surface area contributed by atoms with Gasteiger partial charge in [-0.25, -0.2) is 0 Å². The highest BCUT2D eigenvalue weighted by atomic mass is 16.5. The van der Waals surface area contributed by atoms with Crippen LogP contribution in [0.4, 0.5) is 0 Å². The van der Waals surface area contributed by atoms with Gasteiger partial charge in [-0.3, -0.25) is 0 Å². The molecule has 70 valence electrons. The van der Waals surface area contributed by atoms with Gasteiger partial charge in [0, 0.05) is 26.6 Å². The standard InChI is InChI=1S/C8H16N2O2/c1-11-4-5-12-8-2-3-10-6-7(8)9/h10H,2-6,9H2,1H3. The van der Waals surface area contributed by atoms with Crippen molar-refractivity contribution in [2.45, 2.75) is 6.42 Å². The van der Waals surface area contributed by atoms with Crippen LogP contribution in [0.15, 0.2) is 11.5 Å². The fourth-order valence-corrected chi connectivity index (χ4v) is 1.10. The molecular weight excluding hydrogens is 156 g/mol. The molecule has 1 aliphatic rings. The molecule has 0 aliphatic carbocycles. The molecule has 1 heterocycles. The fraction of sp³-hybridized carbons (Fsp3) is 0.750. The van der Waals surface area contributed by atoms with Gasteiger partial charge in [0.2, 0.25) is 0 Å². The largest absolute Gasteiger partial charge is 0.494 e. The SMILES string of the molecule is COCCOC1=C(N)CNCC1. The van der Waals surface area contributed by atoms with Crippen molar-refractivity contribution in [1.82, 2.24) is 5.32 Å². The Morgan fingerprint density at radius 1 is 1.50 bits per heavy atom. The Hall–Kier alpha value is -0.740. The average molecular weight is 172 g/mol. The zero-order valence-electron chi connectivity index (χ0n) is 7.43. The lowest BCUT2D eigenvalue weighted by Gasteiger charge is -2.18. The summed E-state index contributed by atoms with van der Waals surface area (Å²) in [5.74, 6) is 0.922. The van der Waals surface area contributed by atoms with Gasteiger partial charge < -0.3 is 20.5 Å². The lowest BCUT2D eigenvalue weighted by molar-refractivity contribution is 0.103. The first-order chi connectivity index (χ1) is 5.84. The Morgan fingerprint density at radius 3 is 3.00 bits per heavy atom. The first kappa shape index (κ1) is 9.35. The molecule has 0 saturated heterocycles. The van der Waals surface area contributed by atoms with Gasteiger partial charge in [-0.1, -0.05) is 0 Å². The third kappa shape index (κ3) is 2.71. The molecule has 0 amide bonds. The second kappa shape index (κ2) is 5.00. The minimum atomic E-state index is 0.590. The summed E-state index contributed by atoms with van der Waals surface area (Å²) in [6, 6.07) is 0. The van der Waals surface area contributed by atoms with Crippen molar-refractivity contribution >= 4 is 0 Å². The quantitative estimate of drug-likeness (QED) is 0.577. The number of ether oxygens (including phenoxy) is 2. The van der Waals surface area contributed by atoms with Crippen LogP contribution in [-0.4, -0.2) is 33.4 Å². The van der Waals surface area contributed by atoms with Gasteiger partial charge in [0.1, 0.15) is 12.4 Å². The summed E-state index contributed by atoms with van der Waals surface area (Å²) in [5, 5.41) is 3.16. The van der Waals surface area contributed by atoms with E-state index in [0.717, 1.165) is 31.0 Å². The van der Waals surface area contributed by atoms with E-state index in [-0.39, 0.29) is 0 Å². The molecule has 0 spiro atoms. The highest BCUT2D eigenvalue weighted by Gasteiger charge is 2.09. The minimum absolute atomic E-state index is 0.590. The van der Waals surface area contributed by atoms with Gasteiger partial charge in [0.25, 0.3) is 0 Å². The zero-order chi connectivity index (χ0) is 8.81. The highest BCUT2D eigenvalue weighted by molar-refractivity contribution is 5.09. The van der Waals surface area contributed by atoms with Crippen LogP contribution in [-0.2, 0) is 9.47 Å². The molecule has 12 heavy (non-hydrogen) atoms. The predicted molar refractivity (Wildman–Crippen MR) is 46.5 cm³/mol. The Labute approximate surface area is 72.7 Å². The molecule has 0 atom stereocenters. The van der Waals surface area contributed by atoms with E-state index in [9.17, 15) is 0 Å². The van der Waals surface area contributed by atoms with Crippen LogP contribution in [0.3, 0.4) is 0 Å². The van der Waals surface area contributed by atoms with Crippen LogP contribution in [0.2, 0.25) is 0 Å². The summed E-state index contributed by atoms with van der Waals surface area (Å²) < 4.78 is 10.3. The molecular formula is C8H16N2O2. The fourth-order valence-electron chi connectivity index (χ4n) is 1.10. The van der Waals surface area contributed by atoms with Crippen molar-refractivity contribution in [3.63, 3.8) is 0 Å². The lowest BCUT2D eigenvalue weighted by Crippen LogP contribution is -2.29. The molecule has 0 bridgehead atoms. The van der Waals surface area contributed by atoms with Crippen LogP contribution in [0.25, 0.3) is 0 Å². The molecule has 0 aromatic heterocycles. The van der Waals surface area contributed by atoms with E-state index in [1.807, 2.05) is 0 Å². The molecule has 0 saturated carbocycles. The number of nitrogens with two attached hydrogens (primary N) is 1. The second-order valence-corrected chi connectivity index (χ2v) is 2.72. The average Bonchev–Trinajstić information content (AvgIpc) is 2.09. The first-order valence-electron chi connectivity index (χ1n) is 4.14. The summed E-state index contributed by atoms with van der Waals surface area (Å²) in [4.78, 5) is 0. The normalized spacial score (nSPS) is 18.1. The van der Waals surface area contributed by atoms with Crippen molar-refractivity contribution < 1.29 is 9.47 Å². The van der Waals surface area contributed by atoms with Gasteiger partial charge in [-0.2, -0.15) is 0 Å². The Morgan fingerprint density at radius 2 is 2.33 bits per heavy atom. The molecule has 4 heteroatoms. The number of hydrogen-bond acceptors (Lipinski definition) is 4. The van der Waals surface area contributed by atoms with Gasteiger partial charge in [-0.15, -0.1) is 0 Å². The number of rotatable bonds is 4. The van der Waals surface area contributed by atoms with Gasteiger partial charge in [-0.05, 0) is 0 Å². The van der Waals surface area contributed by atoms with E-state index in [0.29, 0.717) is 13.2 Å². The topological polar surface area (TPSA) is 56.5 Å². The summed E-state index contributed by atoms with van der Waals surface area (Å²) in [7, 11) is 1.66. The zero-order valence-corrected chi connectivity index (χ0v) is 7.43. The minimum Gasteiger partial charge on any atom is -0.494 e. The summed E-state index contributed by atoms with van der Waals surface area (Å²) >= 11 is 0. The molecule has 3 N–H and O–H groups in total. The number of methoxy groups -OCH3 is 1. The summed E-state index contributed by atoms with van der Waals surface area (Å²) in [5.41, 5.74) is 6.53. The maximum atomic E-state index is 5.71. The van der Waals surface area contributed by atoms with E-state index >= 15 is 0 Å². The molecule has 0 aromatic carbocycles. The molecule has 0 radical (unpaired) electrons. The summed E-state index contributed by atoms with van der Waals surface area (Å²) in [6.07, 6.45) is 0.884. The first-order valence-corrected chi connectivity index (χ1v) is 4.14. The maximum Gasteiger partial charge on any atom is 0.117 e. The lowest BCUT2D eigenvalue weighted by atomic mass is 10.2. The van der Waals surface area contributed by atoms with Gasteiger partial charge >= 0.3 is 0 Å². The monoisotopic (exact) mass is 172 g/mol. The molecule has 0 fully saturated rings. The van der Waals surface area contributed by atoms with E-state index in [4.69, 9.17) is 15.2 Å². The van der Waals surface area contributed by atoms with E-state index in [1.54, 1.807) is 7.11 Å². The van der Waals surface area contributed by atoms with Crippen LogP contribution < -0.4 is 11.1 Å². The van der Waals surface area contributed by atoms with Crippen LogP contribution in [0, 0.1) is 0 Å². The third-order valence-corrected chi connectivity index (χ3v) is 1.77. The smallest absolute Gasteiger partial charge is 0.117 e. The predicted octanol–water partition coefficient (Wildman–Crippen LogP) is -0.187. The summed E-state index contributed by atoms with van der Waals surface area (Å²) in [6.45, 7) is 2.89. The number of hydrogen-bond donors (Lipinski definition) is 2. The maximum absolute atomic E-state index is 5.71. The second-order valence-electron chi connectivity index (χ2n) is 2.72. The van der Waals surface area contributed by atoms with Crippen LogP contribution in [0.1, 0.15) is 6.42 Å². The Bertz CT molecular complexity index is 168. The third-order valence-electron chi connectivity index (χ3n) is 1.77. The van der Waals surface area contributed by atoms with Crippen molar-refractivity contribution in [3.05, 3.63) is 11.5 Å². The molecule has 0 aromatic rings. The molecule has 4 nitrogen and oxygen atoms in total. The molecule has 1 rings (SSSR count). The Balaban J connectivity index is 2.28. The molecule has 1 aliphatic heterocycles.